The van der Waals surface area contributed by atoms with Gasteiger partial charge in [-0.2, -0.15) is 0 Å². The molecule has 11 nitrogen and oxygen atoms in total. The zero-order valence-corrected chi connectivity index (χ0v) is 10.8. The van der Waals surface area contributed by atoms with Crippen LogP contribution in [0.25, 0.3) is 11.2 Å². The number of nitrogens with zero attached hydrogens (tertiary/aromatic N) is 4. The normalized spacial score (nSPS) is 29.1. The highest BCUT2D eigenvalue weighted by atomic mass is 16.6. The van der Waals surface area contributed by atoms with E-state index < -0.39 is 31.1 Å². The Labute approximate surface area is 118 Å². The number of nitrogen functional groups attached to an aromatic ring is 2. The molecule has 3 heterocycles. The summed E-state index contributed by atoms with van der Waals surface area (Å²) in [4.78, 5) is 12.0. The number of rotatable bonds is 3. The molecule has 1 aliphatic heterocycles. The van der Waals surface area contributed by atoms with Gasteiger partial charge in [-0.25, -0.2) is 20.8 Å². The van der Waals surface area contributed by atoms with E-state index in [9.17, 15) is 10.2 Å². The second-order valence-corrected chi connectivity index (χ2v) is 4.61. The first-order chi connectivity index (χ1) is 10.1. The number of fused-ring (bicyclic) bond motifs is 1. The minimum Gasteiger partial charge on any atom is -0.394 e. The second-order valence-electron chi connectivity index (χ2n) is 4.61. The summed E-state index contributed by atoms with van der Waals surface area (Å²) in [5, 5.41) is 29.1. The first-order valence-electron chi connectivity index (χ1n) is 6.16. The maximum atomic E-state index is 10.1. The second kappa shape index (κ2) is 5.05. The molecule has 0 spiro atoms. The fraction of sp³-hybridized carbons (Fsp3) is 0.500. The van der Waals surface area contributed by atoms with Gasteiger partial charge in [-0.1, -0.05) is 0 Å². The van der Waals surface area contributed by atoms with Gasteiger partial charge in [0.25, 0.3) is 0 Å². The molecule has 2 aromatic heterocycles. The van der Waals surface area contributed by atoms with Gasteiger partial charge in [0.2, 0.25) is 5.95 Å². The van der Waals surface area contributed by atoms with Crippen LogP contribution in [0.3, 0.4) is 0 Å². The Morgan fingerprint density at radius 3 is 2.71 bits per heavy atom. The largest absolute Gasteiger partial charge is 0.394 e. The van der Waals surface area contributed by atoms with Crippen LogP contribution in [0.15, 0.2) is 6.33 Å². The lowest BCUT2D eigenvalue weighted by atomic mass is 10.1. The van der Waals surface area contributed by atoms with Crippen molar-refractivity contribution in [2.75, 3.05) is 17.8 Å². The van der Waals surface area contributed by atoms with Gasteiger partial charge >= 0.3 is 0 Å². The third-order valence-corrected chi connectivity index (χ3v) is 3.41. The molecule has 8 N–H and O–H groups in total. The van der Waals surface area contributed by atoms with E-state index >= 15 is 0 Å². The smallest absolute Gasteiger partial charge is 0.221 e. The molecule has 1 saturated heterocycles. The minimum absolute atomic E-state index is 0.132. The van der Waals surface area contributed by atoms with Gasteiger partial charge in [0, 0.05) is 0 Å². The van der Waals surface area contributed by atoms with Crippen molar-refractivity contribution in [3.63, 3.8) is 0 Å². The van der Waals surface area contributed by atoms with Gasteiger partial charge in [0.05, 0.1) is 6.61 Å². The molecular weight excluding hydrogens is 282 g/mol. The van der Waals surface area contributed by atoms with Crippen LogP contribution in [-0.2, 0) is 4.74 Å². The molecule has 0 unspecified atom stereocenters. The lowest BCUT2D eigenvalue weighted by molar-refractivity contribution is -0.0501. The zero-order valence-electron chi connectivity index (χ0n) is 10.8. The molecule has 114 valence electrons. The Bertz CT molecular complexity index is 662. The maximum Gasteiger partial charge on any atom is 0.221 e. The molecule has 0 aliphatic carbocycles. The summed E-state index contributed by atoms with van der Waals surface area (Å²) in [5.74, 6) is 5.68. The average Bonchev–Trinajstić information content (AvgIpc) is 2.99. The summed E-state index contributed by atoms with van der Waals surface area (Å²) in [5.41, 5.74) is 8.63. The van der Waals surface area contributed by atoms with E-state index in [0.29, 0.717) is 0 Å². The molecule has 2 aromatic rings. The Balaban J connectivity index is 2.14. The van der Waals surface area contributed by atoms with Crippen molar-refractivity contribution < 1.29 is 20.1 Å². The van der Waals surface area contributed by atoms with Crippen molar-refractivity contribution in [2.45, 2.75) is 24.5 Å². The summed E-state index contributed by atoms with van der Waals surface area (Å²) in [6.07, 6.45) is -3.25. The van der Waals surface area contributed by atoms with Gasteiger partial charge < -0.3 is 25.8 Å². The van der Waals surface area contributed by atoms with Crippen molar-refractivity contribution in [3.8, 4) is 0 Å². The summed E-state index contributed by atoms with van der Waals surface area (Å²) in [6.45, 7) is -0.441. The van der Waals surface area contributed by atoms with E-state index in [4.69, 9.17) is 21.4 Å². The fourth-order valence-electron chi connectivity index (χ4n) is 2.36. The van der Waals surface area contributed by atoms with Gasteiger partial charge in [0.1, 0.15) is 24.6 Å². The van der Waals surface area contributed by atoms with Crippen LogP contribution in [0.2, 0.25) is 0 Å². The molecule has 0 aromatic carbocycles. The predicted molar refractivity (Wildman–Crippen MR) is 70.6 cm³/mol. The van der Waals surface area contributed by atoms with Crippen LogP contribution in [0.1, 0.15) is 6.23 Å². The molecule has 4 atom stereocenters. The number of nitrogens with two attached hydrogens (primary N) is 2. The number of hydrogen-bond donors (Lipinski definition) is 6. The maximum absolute atomic E-state index is 10.1. The van der Waals surface area contributed by atoms with Crippen LogP contribution in [0.4, 0.5) is 11.8 Å². The number of hydrogen-bond acceptors (Lipinski definition) is 10. The van der Waals surface area contributed by atoms with Gasteiger partial charge in [-0.05, 0) is 0 Å². The van der Waals surface area contributed by atoms with Crippen molar-refractivity contribution >= 4 is 22.9 Å². The number of aromatic nitrogens is 4. The third-order valence-electron chi connectivity index (χ3n) is 3.41. The first kappa shape index (κ1) is 13.9. The summed E-state index contributed by atoms with van der Waals surface area (Å²) >= 11 is 0. The quantitative estimate of drug-likeness (QED) is 0.258. The fourth-order valence-corrected chi connectivity index (χ4v) is 2.36. The first-order valence-corrected chi connectivity index (χ1v) is 6.16. The molecule has 0 saturated carbocycles. The number of ether oxygens (including phenoxy) is 1. The molecule has 1 aliphatic rings. The number of imidazole rings is 1. The molecule has 1 fully saturated rings. The van der Waals surface area contributed by atoms with Crippen molar-refractivity contribution in [1.82, 2.24) is 19.5 Å². The zero-order chi connectivity index (χ0) is 15.1. The average molecular weight is 297 g/mol. The van der Waals surface area contributed by atoms with Crippen LogP contribution in [0, 0.1) is 0 Å². The monoisotopic (exact) mass is 297 g/mol. The van der Waals surface area contributed by atoms with Gasteiger partial charge in [0.15, 0.2) is 23.2 Å². The molecule has 0 amide bonds. The predicted octanol–water partition coefficient (Wildman–Crippen LogP) is -2.69. The number of hydrazine groups is 1. The van der Waals surface area contributed by atoms with Crippen LogP contribution in [0.5, 0.6) is 0 Å². The lowest BCUT2D eigenvalue weighted by Crippen LogP contribution is -2.33. The Kier molecular flexibility index (Phi) is 3.35. The summed E-state index contributed by atoms with van der Waals surface area (Å²) in [7, 11) is 0. The Morgan fingerprint density at radius 2 is 2.10 bits per heavy atom. The molecular formula is C10H15N7O4. The van der Waals surface area contributed by atoms with E-state index in [2.05, 4.69) is 20.4 Å². The van der Waals surface area contributed by atoms with E-state index in [1.54, 1.807) is 0 Å². The lowest BCUT2D eigenvalue weighted by Gasteiger charge is -2.18. The van der Waals surface area contributed by atoms with E-state index in [-0.39, 0.29) is 22.9 Å². The number of anilines is 2. The summed E-state index contributed by atoms with van der Waals surface area (Å²) < 4.78 is 6.80. The summed E-state index contributed by atoms with van der Waals surface area (Å²) in [6, 6.07) is 0. The van der Waals surface area contributed by atoms with Gasteiger partial charge in [-0.3, -0.25) is 9.99 Å². The molecule has 0 radical (unpaired) electrons. The van der Waals surface area contributed by atoms with E-state index in [1.807, 2.05) is 0 Å². The van der Waals surface area contributed by atoms with Gasteiger partial charge in [-0.15, -0.1) is 0 Å². The van der Waals surface area contributed by atoms with Crippen LogP contribution in [-0.4, -0.2) is 59.8 Å². The van der Waals surface area contributed by atoms with Crippen molar-refractivity contribution in [2.24, 2.45) is 5.84 Å². The van der Waals surface area contributed by atoms with E-state index in [1.165, 1.54) is 10.9 Å². The molecule has 0 bridgehead atoms. The van der Waals surface area contributed by atoms with E-state index in [0.717, 1.165) is 0 Å². The number of aliphatic hydroxyl groups excluding tert-OH is 3. The highest BCUT2D eigenvalue weighted by Crippen LogP contribution is 2.34. The van der Waals surface area contributed by atoms with Crippen LogP contribution < -0.4 is 17.0 Å². The number of aliphatic hydroxyl groups is 3. The standard InChI is InChI=1S/C10H15N7O4/c11-7-4-8(14-2-13-7)17(10(15-4)16-12)9-6(20)5(19)3(1-18)21-9/h2-3,5-6,9,18-20H,1,12H2,(H,15,16)(H2,11,13,14)/t3-,5-,6+,9-/m1/s1. The molecule has 11 heteroatoms. The highest BCUT2D eigenvalue weighted by molar-refractivity contribution is 5.84. The van der Waals surface area contributed by atoms with Crippen molar-refractivity contribution in [1.29, 1.82) is 0 Å². The highest BCUT2D eigenvalue weighted by Gasteiger charge is 2.45. The molecule has 21 heavy (non-hydrogen) atoms. The number of nitrogens with one attached hydrogen (secondary N) is 1. The van der Waals surface area contributed by atoms with Crippen molar-refractivity contribution in [3.05, 3.63) is 6.33 Å². The molecule has 3 rings (SSSR count). The SMILES string of the molecule is NNc1nc2c(N)ncnc2n1[C@@H]1O[C@H](CO)[C@@H](O)[C@@H]1O. The topological polar surface area (TPSA) is 178 Å². The minimum atomic E-state index is -1.29. The Hall–Kier alpha value is -2.05. The van der Waals surface area contributed by atoms with Crippen LogP contribution >= 0.6 is 0 Å². The Morgan fingerprint density at radius 1 is 1.33 bits per heavy atom. The third kappa shape index (κ3) is 1.99.